The Labute approximate surface area is 113 Å². The third-order valence-corrected chi connectivity index (χ3v) is 4.48. The predicted molar refractivity (Wildman–Crippen MR) is 78.3 cm³/mol. The van der Waals surface area contributed by atoms with Crippen molar-refractivity contribution < 1.29 is 0 Å². The molecule has 0 radical (unpaired) electrons. The molecule has 18 heavy (non-hydrogen) atoms. The van der Waals surface area contributed by atoms with Gasteiger partial charge in [0.2, 0.25) is 0 Å². The van der Waals surface area contributed by atoms with Crippen molar-refractivity contribution in [3.63, 3.8) is 0 Å². The number of hydrogen-bond acceptors (Lipinski definition) is 2. The molecule has 1 atom stereocenters. The van der Waals surface area contributed by atoms with Crippen molar-refractivity contribution in [2.75, 3.05) is 5.32 Å². The van der Waals surface area contributed by atoms with Gasteiger partial charge in [-0.15, -0.1) is 0 Å². The van der Waals surface area contributed by atoms with Crippen LogP contribution in [-0.4, -0.2) is 0 Å². The molecule has 0 saturated heterocycles. The van der Waals surface area contributed by atoms with E-state index < -0.39 is 0 Å². The molecule has 0 amide bonds. The molecule has 1 aliphatic rings. The molecule has 3 rings (SSSR count). The molecule has 1 aliphatic heterocycles. The fourth-order valence-corrected chi connectivity index (χ4v) is 3.53. The molecule has 2 heteroatoms. The first-order valence-electron chi connectivity index (χ1n) is 6.51. The van der Waals surface area contributed by atoms with Crippen molar-refractivity contribution in [3.05, 3.63) is 54.1 Å². The summed E-state index contributed by atoms with van der Waals surface area (Å²) in [7, 11) is 0. The van der Waals surface area contributed by atoms with Gasteiger partial charge in [0.05, 0.1) is 6.04 Å². The Morgan fingerprint density at radius 1 is 1.00 bits per heavy atom. The average molecular weight is 255 g/mol. The zero-order chi connectivity index (χ0) is 12.4. The number of nitrogens with one attached hydrogen (secondary N) is 1. The zero-order valence-corrected chi connectivity index (χ0v) is 11.3. The van der Waals surface area contributed by atoms with Gasteiger partial charge in [-0.1, -0.05) is 55.4 Å². The highest BCUT2D eigenvalue weighted by atomic mass is 32.2. The topological polar surface area (TPSA) is 12.0 Å². The Morgan fingerprint density at radius 2 is 1.72 bits per heavy atom. The second-order valence-electron chi connectivity index (χ2n) is 4.62. The Bertz CT molecular complexity index is 550. The first kappa shape index (κ1) is 11.7. The van der Waals surface area contributed by atoms with Crippen LogP contribution in [0.15, 0.2) is 58.3 Å². The van der Waals surface area contributed by atoms with Crippen LogP contribution in [0.1, 0.15) is 31.4 Å². The highest BCUT2D eigenvalue weighted by molar-refractivity contribution is 7.99. The van der Waals surface area contributed by atoms with Gasteiger partial charge in [0, 0.05) is 15.5 Å². The average Bonchev–Trinajstić information content (AvgIpc) is 2.56. The smallest absolute Gasteiger partial charge is 0.0525 e. The molecular weight excluding hydrogens is 238 g/mol. The van der Waals surface area contributed by atoms with Crippen molar-refractivity contribution in [1.82, 2.24) is 0 Å². The van der Waals surface area contributed by atoms with Crippen LogP contribution >= 0.6 is 11.8 Å². The van der Waals surface area contributed by atoms with Crippen LogP contribution in [0.5, 0.6) is 0 Å². The van der Waals surface area contributed by atoms with Gasteiger partial charge in [0.1, 0.15) is 0 Å². The third kappa shape index (κ3) is 2.13. The molecule has 0 bridgehead atoms. The molecular formula is C16H17NS. The molecule has 1 nitrogen and oxygen atoms in total. The predicted octanol–water partition coefficient (Wildman–Crippen LogP) is 5.10. The number of benzene rings is 2. The summed E-state index contributed by atoms with van der Waals surface area (Å²) in [6.07, 6.45) is 2.37. The molecule has 0 unspecified atom stereocenters. The minimum absolute atomic E-state index is 0.433. The van der Waals surface area contributed by atoms with Gasteiger partial charge in [-0.25, -0.2) is 0 Å². The van der Waals surface area contributed by atoms with E-state index in [4.69, 9.17) is 0 Å². The van der Waals surface area contributed by atoms with Gasteiger partial charge in [0.15, 0.2) is 0 Å². The maximum atomic E-state index is 3.70. The first-order chi connectivity index (χ1) is 8.88. The highest BCUT2D eigenvalue weighted by Crippen LogP contribution is 2.43. The van der Waals surface area contributed by atoms with Gasteiger partial charge < -0.3 is 5.32 Å². The van der Waals surface area contributed by atoms with Gasteiger partial charge in [0.25, 0.3) is 0 Å². The van der Waals surface area contributed by atoms with E-state index in [9.17, 15) is 0 Å². The lowest BCUT2D eigenvalue weighted by Gasteiger charge is -2.19. The Kier molecular flexibility index (Phi) is 3.28. The fourth-order valence-electron chi connectivity index (χ4n) is 2.44. The molecule has 1 N–H and O–H groups in total. The quantitative estimate of drug-likeness (QED) is 0.800. The highest BCUT2D eigenvalue weighted by Gasteiger charge is 2.20. The van der Waals surface area contributed by atoms with Crippen molar-refractivity contribution in [3.8, 4) is 0 Å². The van der Waals surface area contributed by atoms with Crippen LogP contribution in [0.4, 0.5) is 5.69 Å². The van der Waals surface area contributed by atoms with Crippen molar-refractivity contribution in [2.24, 2.45) is 0 Å². The molecule has 92 valence electrons. The first-order valence-corrected chi connectivity index (χ1v) is 7.32. The summed E-state index contributed by atoms with van der Waals surface area (Å²) in [5, 5.41) is 3.70. The Balaban J connectivity index is 2.08. The summed E-state index contributed by atoms with van der Waals surface area (Å²) in [4.78, 5) is 2.71. The minimum atomic E-state index is 0.433. The number of hydrogen-bond donors (Lipinski definition) is 1. The number of para-hydroxylation sites is 1. The molecule has 2 aromatic rings. The number of rotatable bonds is 2. The Hall–Kier alpha value is -1.41. The fraction of sp³-hybridized carbons (Fsp3) is 0.250. The van der Waals surface area contributed by atoms with Gasteiger partial charge >= 0.3 is 0 Å². The van der Waals surface area contributed by atoms with Crippen molar-refractivity contribution >= 4 is 17.4 Å². The van der Waals surface area contributed by atoms with E-state index >= 15 is 0 Å². The maximum absolute atomic E-state index is 3.70. The van der Waals surface area contributed by atoms with Crippen LogP contribution in [-0.2, 0) is 0 Å². The van der Waals surface area contributed by atoms with E-state index in [1.807, 2.05) is 11.8 Å². The second kappa shape index (κ2) is 5.07. The molecule has 0 saturated carbocycles. The van der Waals surface area contributed by atoms with E-state index in [2.05, 4.69) is 60.8 Å². The summed E-state index contributed by atoms with van der Waals surface area (Å²) in [5.41, 5.74) is 2.69. The summed E-state index contributed by atoms with van der Waals surface area (Å²) in [6.45, 7) is 2.24. The summed E-state index contributed by atoms with van der Waals surface area (Å²) >= 11 is 1.87. The van der Waals surface area contributed by atoms with E-state index in [-0.39, 0.29) is 0 Å². The SMILES string of the molecule is CCC[C@H]1Nc2ccccc2Sc2ccccc21. The van der Waals surface area contributed by atoms with Crippen molar-refractivity contribution in [1.29, 1.82) is 0 Å². The molecule has 0 aromatic heterocycles. The van der Waals surface area contributed by atoms with Crippen LogP contribution < -0.4 is 5.32 Å². The van der Waals surface area contributed by atoms with Gasteiger partial charge in [-0.05, 0) is 30.2 Å². The molecule has 0 fully saturated rings. The maximum Gasteiger partial charge on any atom is 0.0525 e. The number of anilines is 1. The van der Waals surface area contributed by atoms with Crippen LogP contribution in [0.25, 0.3) is 0 Å². The second-order valence-corrected chi connectivity index (χ2v) is 5.71. The summed E-state index contributed by atoms with van der Waals surface area (Å²) in [5.74, 6) is 0. The van der Waals surface area contributed by atoms with Gasteiger partial charge in [-0.3, -0.25) is 0 Å². The summed E-state index contributed by atoms with van der Waals surface area (Å²) < 4.78 is 0. The van der Waals surface area contributed by atoms with Crippen LogP contribution in [0, 0.1) is 0 Å². The lowest BCUT2D eigenvalue weighted by molar-refractivity contribution is 0.668. The molecule has 2 aromatic carbocycles. The van der Waals surface area contributed by atoms with Crippen LogP contribution in [0.2, 0.25) is 0 Å². The summed E-state index contributed by atoms with van der Waals surface area (Å²) in [6, 6.07) is 17.8. The zero-order valence-electron chi connectivity index (χ0n) is 10.5. The van der Waals surface area contributed by atoms with E-state index in [0.717, 1.165) is 0 Å². The van der Waals surface area contributed by atoms with E-state index in [1.54, 1.807) is 0 Å². The molecule has 1 heterocycles. The van der Waals surface area contributed by atoms with Crippen molar-refractivity contribution in [2.45, 2.75) is 35.6 Å². The lowest BCUT2D eigenvalue weighted by atomic mass is 10.0. The number of fused-ring (bicyclic) bond motifs is 2. The van der Waals surface area contributed by atoms with Gasteiger partial charge in [-0.2, -0.15) is 0 Å². The van der Waals surface area contributed by atoms with E-state index in [0.29, 0.717) is 6.04 Å². The standard InChI is InChI=1S/C16H17NS/c1-2-7-13-12-8-3-5-10-15(12)18-16-11-6-4-9-14(16)17-13/h3-6,8-11,13,17H,2,7H2,1H3/t13-/m1/s1. The molecule has 0 aliphatic carbocycles. The Morgan fingerprint density at radius 3 is 2.56 bits per heavy atom. The minimum Gasteiger partial charge on any atom is -0.377 e. The normalized spacial score (nSPS) is 17.3. The lowest BCUT2D eigenvalue weighted by Crippen LogP contribution is -2.10. The van der Waals surface area contributed by atoms with Crippen LogP contribution in [0.3, 0.4) is 0 Å². The largest absolute Gasteiger partial charge is 0.377 e. The third-order valence-electron chi connectivity index (χ3n) is 3.31. The molecule has 0 spiro atoms. The van der Waals surface area contributed by atoms with E-state index in [1.165, 1.54) is 33.9 Å². The monoisotopic (exact) mass is 255 g/mol.